The first kappa shape index (κ1) is 17.3. The molecule has 0 aliphatic rings. The van der Waals surface area contributed by atoms with Gasteiger partial charge in [-0.05, 0) is 40.2 Å². The molecule has 2 aromatic rings. The van der Waals surface area contributed by atoms with E-state index in [1.165, 1.54) is 12.1 Å². The zero-order valence-electron chi connectivity index (χ0n) is 11.4. The van der Waals surface area contributed by atoms with Crippen LogP contribution in [0.25, 0.3) is 0 Å². The van der Waals surface area contributed by atoms with E-state index < -0.39 is 17.8 Å². The highest BCUT2D eigenvalue weighted by atomic mass is 79.9. The molecule has 0 saturated carbocycles. The van der Waals surface area contributed by atoms with Crippen LogP contribution in [0.1, 0.15) is 20.7 Å². The maximum atomic E-state index is 12.3. The van der Waals surface area contributed by atoms with Crippen LogP contribution < -0.4 is 22.1 Å². The molecule has 4 amide bonds. The van der Waals surface area contributed by atoms with Gasteiger partial charge in [0.15, 0.2) is 0 Å². The molecular weight excluding hydrogens is 408 g/mol. The monoisotopic (exact) mass is 416 g/mol. The van der Waals surface area contributed by atoms with Crippen LogP contribution in [-0.2, 0) is 0 Å². The van der Waals surface area contributed by atoms with E-state index in [-0.39, 0.29) is 10.6 Å². The minimum absolute atomic E-state index is 0.0502. The number of urea groups is 1. The van der Waals surface area contributed by atoms with E-state index in [1.54, 1.807) is 12.1 Å². The molecule has 2 rings (SSSR count). The van der Waals surface area contributed by atoms with E-state index in [9.17, 15) is 14.4 Å². The fraction of sp³-hybridized carbons (Fsp3) is 0. The standard InChI is InChI=1S/C13H10BrClN4O3S/c14-8-2-1-5(15)3-6(8)11(21)18-9-4-7(10(16)20)12(23-9)19-13(17)22/h1-4H,(H2,16,20)(H,18,21)(H3,17,19,22). The SMILES string of the molecule is NC(=O)Nc1sc(NC(=O)c2cc(Cl)ccc2Br)cc1C(N)=O. The molecule has 10 heteroatoms. The summed E-state index contributed by atoms with van der Waals surface area (Å²) in [7, 11) is 0. The summed E-state index contributed by atoms with van der Waals surface area (Å²) in [6.07, 6.45) is 0. The molecule has 0 bridgehead atoms. The summed E-state index contributed by atoms with van der Waals surface area (Å²) in [6, 6.07) is 5.28. The Labute approximate surface area is 148 Å². The molecule has 1 heterocycles. The van der Waals surface area contributed by atoms with Crippen LogP contribution in [0.3, 0.4) is 0 Å². The maximum Gasteiger partial charge on any atom is 0.317 e. The minimum Gasteiger partial charge on any atom is -0.366 e. The highest BCUT2D eigenvalue weighted by Gasteiger charge is 2.18. The number of benzene rings is 1. The van der Waals surface area contributed by atoms with Crippen LogP contribution >= 0.6 is 38.9 Å². The van der Waals surface area contributed by atoms with Crippen molar-refractivity contribution in [1.29, 1.82) is 0 Å². The van der Waals surface area contributed by atoms with Gasteiger partial charge in [-0.2, -0.15) is 0 Å². The lowest BCUT2D eigenvalue weighted by Gasteiger charge is -2.05. The number of halogens is 2. The number of rotatable bonds is 4. The Morgan fingerprint density at radius 3 is 2.39 bits per heavy atom. The van der Waals surface area contributed by atoms with Gasteiger partial charge in [0.05, 0.1) is 16.1 Å². The molecule has 0 atom stereocenters. The first-order valence-electron chi connectivity index (χ1n) is 6.04. The molecule has 0 aliphatic carbocycles. The third-order valence-corrected chi connectivity index (χ3v) is 4.54. The molecule has 1 aromatic carbocycles. The van der Waals surface area contributed by atoms with E-state index in [2.05, 4.69) is 26.6 Å². The Kier molecular flexibility index (Phi) is 5.24. The summed E-state index contributed by atoms with van der Waals surface area (Å²) in [5.41, 5.74) is 10.6. The van der Waals surface area contributed by atoms with Gasteiger partial charge in [-0.3, -0.25) is 14.9 Å². The Morgan fingerprint density at radius 1 is 1.09 bits per heavy atom. The molecule has 0 radical (unpaired) electrons. The molecule has 120 valence electrons. The van der Waals surface area contributed by atoms with Crippen LogP contribution in [0.4, 0.5) is 14.8 Å². The van der Waals surface area contributed by atoms with Gasteiger partial charge in [-0.25, -0.2) is 4.79 Å². The van der Waals surface area contributed by atoms with Crippen LogP contribution in [0.15, 0.2) is 28.7 Å². The molecular formula is C13H10BrClN4O3S. The second-order valence-corrected chi connectivity index (χ2v) is 6.63. The summed E-state index contributed by atoms with van der Waals surface area (Å²) in [5.74, 6) is -1.20. The van der Waals surface area contributed by atoms with Crippen molar-refractivity contribution in [2.45, 2.75) is 0 Å². The van der Waals surface area contributed by atoms with Gasteiger partial charge in [0.2, 0.25) is 0 Å². The van der Waals surface area contributed by atoms with Crippen molar-refractivity contribution in [3.05, 3.63) is 44.9 Å². The van der Waals surface area contributed by atoms with E-state index in [4.69, 9.17) is 23.1 Å². The predicted molar refractivity (Wildman–Crippen MR) is 93.1 cm³/mol. The van der Waals surface area contributed by atoms with E-state index in [1.807, 2.05) is 0 Å². The van der Waals surface area contributed by atoms with Crippen molar-refractivity contribution >= 4 is 66.7 Å². The van der Waals surface area contributed by atoms with Crippen LogP contribution in [0.2, 0.25) is 5.02 Å². The molecule has 6 N–H and O–H groups in total. The van der Waals surface area contributed by atoms with Crippen molar-refractivity contribution in [3.63, 3.8) is 0 Å². The first-order chi connectivity index (χ1) is 10.8. The molecule has 0 fully saturated rings. The van der Waals surface area contributed by atoms with Crippen molar-refractivity contribution in [3.8, 4) is 0 Å². The number of hydrogen-bond acceptors (Lipinski definition) is 4. The van der Waals surface area contributed by atoms with Crippen LogP contribution in [0, 0.1) is 0 Å². The average molecular weight is 418 g/mol. The van der Waals surface area contributed by atoms with Gasteiger partial charge < -0.3 is 16.8 Å². The molecule has 23 heavy (non-hydrogen) atoms. The number of thiophene rings is 1. The fourth-order valence-electron chi connectivity index (χ4n) is 1.69. The van der Waals surface area contributed by atoms with Crippen molar-refractivity contribution in [1.82, 2.24) is 0 Å². The highest BCUT2D eigenvalue weighted by Crippen LogP contribution is 2.32. The topological polar surface area (TPSA) is 127 Å². The molecule has 1 aromatic heterocycles. The lowest BCUT2D eigenvalue weighted by molar-refractivity contribution is 0.0997. The van der Waals surface area contributed by atoms with E-state index in [0.717, 1.165) is 11.3 Å². The van der Waals surface area contributed by atoms with E-state index in [0.29, 0.717) is 20.1 Å². The zero-order valence-corrected chi connectivity index (χ0v) is 14.5. The summed E-state index contributed by atoms with van der Waals surface area (Å²) >= 11 is 10.1. The normalized spacial score (nSPS) is 10.2. The summed E-state index contributed by atoms with van der Waals surface area (Å²) in [6.45, 7) is 0. The number of anilines is 2. The Morgan fingerprint density at radius 2 is 1.78 bits per heavy atom. The third-order valence-electron chi connectivity index (χ3n) is 2.64. The Balaban J connectivity index is 2.29. The van der Waals surface area contributed by atoms with Gasteiger partial charge >= 0.3 is 6.03 Å². The van der Waals surface area contributed by atoms with Crippen LogP contribution in [0.5, 0.6) is 0 Å². The third kappa shape index (κ3) is 4.21. The number of carbonyl (C=O) groups is 3. The lowest BCUT2D eigenvalue weighted by atomic mass is 10.2. The Bertz CT molecular complexity index is 809. The van der Waals surface area contributed by atoms with Crippen molar-refractivity contribution in [2.75, 3.05) is 10.6 Å². The lowest BCUT2D eigenvalue weighted by Crippen LogP contribution is -2.21. The predicted octanol–water partition coefficient (Wildman–Crippen LogP) is 3.01. The first-order valence-corrected chi connectivity index (χ1v) is 8.03. The summed E-state index contributed by atoms with van der Waals surface area (Å²) < 4.78 is 0.557. The smallest absolute Gasteiger partial charge is 0.317 e. The van der Waals surface area contributed by atoms with Crippen molar-refractivity contribution in [2.24, 2.45) is 11.5 Å². The number of hydrogen-bond donors (Lipinski definition) is 4. The molecule has 0 unspecified atom stereocenters. The molecule has 0 spiro atoms. The van der Waals surface area contributed by atoms with Gasteiger partial charge in [0.25, 0.3) is 11.8 Å². The zero-order chi connectivity index (χ0) is 17.1. The quantitative estimate of drug-likeness (QED) is 0.610. The van der Waals surface area contributed by atoms with Gasteiger partial charge in [-0.1, -0.05) is 22.9 Å². The highest BCUT2D eigenvalue weighted by molar-refractivity contribution is 9.10. The number of amides is 4. The molecule has 7 nitrogen and oxygen atoms in total. The van der Waals surface area contributed by atoms with Gasteiger partial charge in [-0.15, -0.1) is 0 Å². The molecule has 0 aliphatic heterocycles. The number of nitrogens with two attached hydrogens (primary N) is 2. The minimum atomic E-state index is -0.843. The second-order valence-electron chi connectivity index (χ2n) is 4.29. The average Bonchev–Trinajstić information content (AvgIpc) is 2.83. The van der Waals surface area contributed by atoms with Crippen LogP contribution in [-0.4, -0.2) is 17.8 Å². The van der Waals surface area contributed by atoms with Gasteiger partial charge in [0.1, 0.15) is 5.00 Å². The largest absolute Gasteiger partial charge is 0.366 e. The maximum absolute atomic E-state index is 12.3. The Hall–Kier alpha value is -2.10. The van der Waals surface area contributed by atoms with Gasteiger partial charge in [0, 0.05) is 9.50 Å². The van der Waals surface area contributed by atoms with E-state index >= 15 is 0 Å². The summed E-state index contributed by atoms with van der Waals surface area (Å²) in [5, 5.41) is 5.77. The number of primary amides is 2. The number of nitrogens with one attached hydrogen (secondary N) is 2. The molecule has 0 saturated heterocycles. The van der Waals surface area contributed by atoms with Crippen molar-refractivity contribution < 1.29 is 14.4 Å². The summed E-state index contributed by atoms with van der Waals surface area (Å²) in [4.78, 5) is 34.6. The number of carbonyl (C=O) groups excluding carboxylic acids is 3. The second kappa shape index (κ2) is 6.99. The fourth-order valence-corrected chi connectivity index (χ4v) is 3.25.